The summed E-state index contributed by atoms with van der Waals surface area (Å²) in [6, 6.07) is -2.90. The molecular formula is C15H21F7N2O5. The minimum atomic E-state index is -6.57. The normalized spacial score (nSPS) is 15.7. The van der Waals surface area contributed by atoms with Crippen molar-refractivity contribution in [3.8, 4) is 0 Å². The molecule has 0 saturated carbocycles. The zero-order valence-corrected chi connectivity index (χ0v) is 15.8. The highest BCUT2D eigenvalue weighted by molar-refractivity contribution is 5.89. The molecule has 0 aliphatic carbocycles. The fraction of sp³-hybridized carbons (Fsp3) is 0.800. The summed E-state index contributed by atoms with van der Waals surface area (Å²) in [7, 11) is 1.01. The van der Waals surface area contributed by atoms with Crippen molar-refractivity contribution in [1.82, 2.24) is 10.6 Å². The van der Waals surface area contributed by atoms with Gasteiger partial charge in [-0.05, 0) is 12.8 Å². The Kier molecular flexibility index (Phi) is 9.18. The van der Waals surface area contributed by atoms with E-state index < -0.39 is 60.6 Å². The molecule has 0 bridgehead atoms. The van der Waals surface area contributed by atoms with Crippen LogP contribution in [-0.2, 0) is 19.1 Å². The highest BCUT2D eigenvalue weighted by atomic mass is 19.4. The van der Waals surface area contributed by atoms with Gasteiger partial charge in [0.1, 0.15) is 12.1 Å². The summed E-state index contributed by atoms with van der Waals surface area (Å²) in [6.45, 7) is 1.52. The first-order valence-electron chi connectivity index (χ1n) is 8.15. The molecule has 0 radical (unpaired) electrons. The van der Waals surface area contributed by atoms with Gasteiger partial charge in [0, 0.05) is 0 Å². The molecule has 0 rings (SSSR count). The summed E-state index contributed by atoms with van der Waals surface area (Å²) in [4.78, 5) is 35.1. The number of hydrogen-bond acceptors (Lipinski definition) is 5. The molecule has 0 aliphatic rings. The maximum absolute atomic E-state index is 13.3. The number of halogens is 7. The van der Waals surface area contributed by atoms with E-state index in [-0.39, 0.29) is 6.42 Å². The number of amides is 2. The Bertz CT molecular complexity index is 598. The Labute approximate surface area is 161 Å². The molecule has 29 heavy (non-hydrogen) atoms. The van der Waals surface area contributed by atoms with Crippen molar-refractivity contribution in [2.75, 3.05) is 13.7 Å². The SMILES string of the molecule is CCC(C)C(NC(=O)C(C)NC(=O)OC)C(=O)OCC(F)(F)C(F)(F)C(F)(F)F. The summed E-state index contributed by atoms with van der Waals surface area (Å²) in [5.41, 5.74) is 0. The van der Waals surface area contributed by atoms with Crippen molar-refractivity contribution in [3.05, 3.63) is 0 Å². The smallest absolute Gasteiger partial charge is 0.457 e. The summed E-state index contributed by atoms with van der Waals surface area (Å²) in [5, 5.41) is 4.12. The third-order valence-electron chi connectivity index (χ3n) is 3.89. The van der Waals surface area contributed by atoms with E-state index in [0.717, 1.165) is 7.11 Å². The highest BCUT2D eigenvalue weighted by Crippen LogP contribution is 2.46. The number of esters is 1. The first kappa shape index (κ1) is 26.7. The van der Waals surface area contributed by atoms with E-state index in [1.54, 1.807) is 0 Å². The molecule has 3 atom stereocenters. The van der Waals surface area contributed by atoms with Crippen molar-refractivity contribution < 1.29 is 54.6 Å². The lowest BCUT2D eigenvalue weighted by molar-refractivity contribution is -0.359. The highest BCUT2D eigenvalue weighted by Gasteiger charge is 2.73. The van der Waals surface area contributed by atoms with E-state index >= 15 is 0 Å². The molecule has 0 spiro atoms. The van der Waals surface area contributed by atoms with Gasteiger partial charge in [-0.1, -0.05) is 20.3 Å². The van der Waals surface area contributed by atoms with Crippen LogP contribution in [0.2, 0.25) is 0 Å². The van der Waals surface area contributed by atoms with Crippen LogP contribution < -0.4 is 10.6 Å². The molecule has 2 N–H and O–H groups in total. The number of nitrogens with one attached hydrogen (secondary N) is 2. The van der Waals surface area contributed by atoms with E-state index in [0.29, 0.717) is 0 Å². The third-order valence-corrected chi connectivity index (χ3v) is 3.89. The van der Waals surface area contributed by atoms with Crippen LogP contribution in [0.25, 0.3) is 0 Å². The number of methoxy groups -OCH3 is 1. The van der Waals surface area contributed by atoms with Crippen LogP contribution in [0.5, 0.6) is 0 Å². The lowest BCUT2D eigenvalue weighted by Crippen LogP contribution is -2.56. The van der Waals surface area contributed by atoms with Crippen molar-refractivity contribution in [2.45, 2.75) is 57.3 Å². The number of alkyl carbamates (subject to hydrolysis) is 1. The molecule has 14 heteroatoms. The summed E-state index contributed by atoms with van der Waals surface area (Å²) in [5.74, 6) is -15.6. The first-order chi connectivity index (χ1) is 13.0. The summed E-state index contributed by atoms with van der Waals surface area (Å²) < 4.78 is 96.9. The van der Waals surface area contributed by atoms with Crippen molar-refractivity contribution in [1.29, 1.82) is 0 Å². The van der Waals surface area contributed by atoms with Crippen LogP contribution in [0, 0.1) is 5.92 Å². The summed E-state index contributed by atoms with van der Waals surface area (Å²) in [6.07, 6.45) is -7.39. The van der Waals surface area contributed by atoms with Gasteiger partial charge in [0.15, 0.2) is 6.61 Å². The van der Waals surface area contributed by atoms with Gasteiger partial charge in [-0.2, -0.15) is 30.7 Å². The number of alkyl halides is 7. The lowest BCUT2D eigenvalue weighted by Gasteiger charge is -2.29. The predicted molar refractivity (Wildman–Crippen MR) is 83.3 cm³/mol. The molecule has 0 aromatic heterocycles. The lowest BCUT2D eigenvalue weighted by atomic mass is 9.99. The van der Waals surface area contributed by atoms with E-state index in [2.05, 4.69) is 20.1 Å². The Balaban J connectivity index is 5.24. The van der Waals surface area contributed by atoms with E-state index in [4.69, 9.17) is 0 Å². The molecule has 0 aliphatic heterocycles. The Hall–Kier alpha value is -2.28. The average Bonchev–Trinajstić information content (AvgIpc) is 2.61. The number of ether oxygens (including phenoxy) is 2. The molecule has 0 aromatic carbocycles. The maximum Gasteiger partial charge on any atom is 0.460 e. The molecule has 170 valence electrons. The number of hydrogen-bond donors (Lipinski definition) is 2. The number of rotatable bonds is 9. The Morgan fingerprint density at radius 2 is 1.48 bits per heavy atom. The van der Waals surface area contributed by atoms with Crippen molar-refractivity contribution >= 4 is 18.0 Å². The fourth-order valence-corrected chi connectivity index (χ4v) is 1.80. The number of carbonyl (C=O) groups is 3. The molecule has 0 saturated heterocycles. The van der Waals surface area contributed by atoms with Gasteiger partial charge < -0.3 is 20.1 Å². The monoisotopic (exact) mass is 442 g/mol. The predicted octanol–water partition coefficient (Wildman–Crippen LogP) is 2.64. The van der Waals surface area contributed by atoms with Crippen LogP contribution >= 0.6 is 0 Å². The maximum atomic E-state index is 13.3. The van der Waals surface area contributed by atoms with Gasteiger partial charge in [0.05, 0.1) is 7.11 Å². The minimum Gasteiger partial charge on any atom is -0.457 e. The molecule has 7 nitrogen and oxygen atoms in total. The van der Waals surface area contributed by atoms with Crippen molar-refractivity contribution in [3.63, 3.8) is 0 Å². The van der Waals surface area contributed by atoms with Crippen molar-refractivity contribution in [2.24, 2.45) is 5.92 Å². The standard InChI is InChI=1S/C15H21F7N2O5/c1-5-7(2)9(24-10(25)8(3)23-12(27)28-4)11(26)29-6-13(16,17)14(18,19)15(20,21)22/h7-9H,5-6H2,1-4H3,(H,23,27)(H,24,25). The van der Waals surface area contributed by atoms with E-state index in [1.807, 2.05) is 0 Å². The molecule has 0 aromatic rings. The molecular weight excluding hydrogens is 421 g/mol. The zero-order valence-electron chi connectivity index (χ0n) is 15.8. The van der Waals surface area contributed by atoms with Gasteiger partial charge >= 0.3 is 30.1 Å². The van der Waals surface area contributed by atoms with Gasteiger partial charge in [-0.25, -0.2) is 9.59 Å². The minimum absolute atomic E-state index is 0.175. The largest absolute Gasteiger partial charge is 0.460 e. The molecule has 2 amide bonds. The Morgan fingerprint density at radius 3 is 1.90 bits per heavy atom. The van der Waals surface area contributed by atoms with Gasteiger partial charge in [-0.3, -0.25) is 4.79 Å². The Morgan fingerprint density at radius 1 is 0.966 bits per heavy atom. The van der Waals surface area contributed by atoms with Crippen LogP contribution in [-0.4, -0.2) is 61.8 Å². The summed E-state index contributed by atoms with van der Waals surface area (Å²) >= 11 is 0. The second kappa shape index (κ2) is 9.96. The second-order valence-corrected chi connectivity index (χ2v) is 6.11. The van der Waals surface area contributed by atoms with Crippen LogP contribution in [0.4, 0.5) is 35.5 Å². The van der Waals surface area contributed by atoms with Crippen LogP contribution in [0.15, 0.2) is 0 Å². The average molecular weight is 442 g/mol. The quantitative estimate of drug-likeness (QED) is 0.423. The fourth-order valence-electron chi connectivity index (χ4n) is 1.80. The van der Waals surface area contributed by atoms with E-state index in [1.165, 1.54) is 20.8 Å². The molecule has 0 heterocycles. The first-order valence-corrected chi connectivity index (χ1v) is 8.15. The van der Waals surface area contributed by atoms with E-state index in [9.17, 15) is 45.1 Å². The van der Waals surface area contributed by atoms with Crippen LogP contribution in [0.3, 0.4) is 0 Å². The topological polar surface area (TPSA) is 93.7 Å². The third kappa shape index (κ3) is 6.92. The zero-order chi connectivity index (χ0) is 23.2. The number of carbonyl (C=O) groups excluding carboxylic acids is 3. The van der Waals surface area contributed by atoms with Gasteiger partial charge in [0.2, 0.25) is 5.91 Å². The van der Waals surface area contributed by atoms with Crippen LogP contribution in [0.1, 0.15) is 27.2 Å². The molecule has 0 fully saturated rings. The van der Waals surface area contributed by atoms with Gasteiger partial charge in [-0.15, -0.1) is 0 Å². The second-order valence-electron chi connectivity index (χ2n) is 6.11. The van der Waals surface area contributed by atoms with Gasteiger partial charge in [0.25, 0.3) is 0 Å². The molecule has 3 unspecified atom stereocenters.